The molecule has 0 saturated carbocycles. The number of anilines is 1. The molecule has 0 bridgehead atoms. The molecule has 1 heterocycles. The largest absolute Gasteiger partial charge is 0.384 e. The molecule has 0 spiro atoms. The van der Waals surface area contributed by atoms with E-state index in [0.29, 0.717) is 15.6 Å². The van der Waals surface area contributed by atoms with Gasteiger partial charge in [-0.3, -0.25) is 4.79 Å². The molecule has 2 aromatic rings. The van der Waals surface area contributed by atoms with Gasteiger partial charge in [0.2, 0.25) is 0 Å². The number of hydrogen-bond donors (Lipinski definition) is 1. The van der Waals surface area contributed by atoms with E-state index in [1.54, 1.807) is 12.1 Å². The van der Waals surface area contributed by atoms with Crippen molar-refractivity contribution >= 4 is 27.4 Å². The SMILES string of the molecule is O=C(Cc1ccc(Br)cc1F)c1ccc2c(c1)NCC2. The molecule has 4 heteroatoms. The number of ketones is 1. The van der Waals surface area contributed by atoms with Gasteiger partial charge in [0.25, 0.3) is 0 Å². The number of fused-ring (bicyclic) bond motifs is 1. The quantitative estimate of drug-likeness (QED) is 0.861. The molecule has 0 aromatic heterocycles. The van der Waals surface area contributed by atoms with E-state index in [0.717, 1.165) is 18.7 Å². The lowest BCUT2D eigenvalue weighted by Crippen LogP contribution is -2.05. The number of nitrogens with one attached hydrogen (secondary N) is 1. The minimum Gasteiger partial charge on any atom is -0.384 e. The molecular weight excluding hydrogens is 321 g/mol. The van der Waals surface area contributed by atoms with Crippen LogP contribution in [0.2, 0.25) is 0 Å². The van der Waals surface area contributed by atoms with E-state index in [4.69, 9.17) is 0 Å². The summed E-state index contributed by atoms with van der Waals surface area (Å²) in [5.74, 6) is -0.422. The van der Waals surface area contributed by atoms with E-state index >= 15 is 0 Å². The van der Waals surface area contributed by atoms with Gasteiger partial charge in [0.1, 0.15) is 5.82 Å². The lowest BCUT2D eigenvalue weighted by molar-refractivity contribution is 0.0992. The molecule has 20 heavy (non-hydrogen) atoms. The average Bonchev–Trinajstić information content (AvgIpc) is 2.89. The molecular formula is C16H13BrFNO. The summed E-state index contributed by atoms with van der Waals surface area (Å²) in [6, 6.07) is 10.4. The summed E-state index contributed by atoms with van der Waals surface area (Å²) < 4.78 is 14.4. The van der Waals surface area contributed by atoms with Crippen molar-refractivity contribution in [3.05, 3.63) is 63.4 Å². The van der Waals surface area contributed by atoms with E-state index in [-0.39, 0.29) is 18.0 Å². The Labute approximate surface area is 125 Å². The van der Waals surface area contributed by atoms with Crippen molar-refractivity contribution in [2.24, 2.45) is 0 Å². The van der Waals surface area contributed by atoms with Crippen molar-refractivity contribution in [2.45, 2.75) is 12.8 Å². The van der Waals surface area contributed by atoms with Gasteiger partial charge in [-0.15, -0.1) is 0 Å². The number of carbonyl (C=O) groups excluding carboxylic acids is 1. The topological polar surface area (TPSA) is 29.1 Å². The summed E-state index contributed by atoms with van der Waals surface area (Å²) >= 11 is 3.21. The van der Waals surface area contributed by atoms with Gasteiger partial charge in [-0.05, 0) is 35.7 Å². The molecule has 0 saturated heterocycles. The molecule has 102 valence electrons. The van der Waals surface area contributed by atoms with Crippen LogP contribution in [0.4, 0.5) is 10.1 Å². The van der Waals surface area contributed by atoms with Crippen LogP contribution in [-0.4, -0.2) is 12.3 Å². The van der Waals surface area contributed by atoms with Gasteiger partial charge in [0.05, 0.1) is 0 Å². The fraction of sp³-hybridized carbons (Fsp3) is 0.188. The lowest BCUT2D eigenvalue weighted by atomic mass is 10.0. The molecule has 0 radical (unpaired) electrons. The Morgan fingerprint density at radius 2 is 2.10 bits per heavy atom. The van der Waals surface area contributed by atoms with Gasteiger partial charge in [-0.2, -0.15) is 0 Å². The smallest absolute Gasteiger partial charge is 0.167 e. The number of benzene rings is 2. The van der Waals surface area contributed by atoms with Gasteiger partial charge in [-0.1, -0.05) is 34.1 Å². The number of rotatable bonds is 3. The van der Waals surface area contributed by atoms with Crippen LogP contribution in [0.5, 0.6) is 0 Å². The van der Waals surface area contributed by atoms with Gasteiger partial charge >= 0.3 is 0 Å². The average molecular weight is 334 g/mol. The fourth-order valence-electron chi connectivity index (χ4n) is 2.40. The maximum absolute atomic E-state index is 13.8. The molecule has 0 amide bonds. The minimum atomic E-state index is -0.355. The maximum Gasteiger partial charge on any atom is 0.167 e. The zero-order valence-corrected chi connectivity index (χ0v) is 12.3. The Kier molecular flexibility index (Phi) is 3.57. The van der Waals surface area contributed by atoms with Crippen molar-refractivity contribution in [3.63, 3.8) is 0 Å². The van der Waals surface area contributed by atoms with Crippen LogP contribution in [0.3, 0.4) is 0 Å². The molecule has 2 aromatic carbocycles. The Morgan fingerprint density at radius 3 is 2.90 bits per heavy atom. The van der Waals surface area contributed by atoms with Crippen molar-refractivity contribution < 1.29 is 9.18 Å². The molecule has 0 aliphatic carbocycles. The number of halogens is 2. The van der Waals surface area contributed by atoms with Crippen LogP contribution >= 0.6 is 15.9 Å². The highest BCUT2D eigenvalue weighted by Crippen LogP contribution is 2.24. The van der Waals surface area contributed by atoms with Gasteiger partial charge in [0.15, 0.2) is 5.78 Å². The number of hydrogen-bond acceptors (Lipinski definition) is 2. The highest BCUT2D eigenvalue weighted by Gasteiger charge is 2.15. The third-order valence-corrected chi connectivity index (χ3v) is 4.00. The first kappa shape index (κ1) is 13.3. The fourth-order valence-corrected chi connectivity index (χ4v) is 2.74. The van der Waals surface area contributed by atoms with Gasteiger partial charge in [-0.25, -0.2) is 4.39 Å². The Morgan fingerprint density at radius 1 is 1.25 bits per heavy atom. The first-order valence-electron chi connectivity index (χ1n) is 6.47. The summed E-state index contributed by atoms with van der Waals surface area (Å²) in [6.07, 6.45) is 1.07. The molecule has 0 unspecified atom stereocenters. The second-order valence-electron chi connectivity index (χ2n) is 4.88. The van der Waals surface area contributed by atoms with Crippen LogP contribution in [-0.2, 0) is 12.8 Å². The molecule has 3 rings (SSSR count). The third kappa shape index (κ3) is 2.61. The van der Waals surface area contributed by atoms with Crippen molar-refractivity contribution in [2.75, 3.05) is 11.9 Å². The normalized spacial score (nSPS) is 12.9. The van der Waals surface area contributed by atoms with E-state index in [9.17, 15) is 9.18 Å². The summed E-state index contributed by atoms with van der Waals surface area (Å²) in [5, 5.41) is 3.25. The molecule has 1 aliphatic rings. The Bertz CT molecular complexity index is 684. The monoisotopic (exact) mass is 333 g/mol. The van der Waals surface area contributed by atoms with E-state index in [1.807, 2.05) is 18.2 Å². The van der Waals surface area contributed by atoms with Crippen LogP contribution in [0.15, 0.2) is 40.9 Å². The predicted molar refractivity (Wildman–Crippen MR) is 80.8 cm³/mol. The number of carbonyl (C=O) groups is 1. The van der Waals surface area contributed by atoms with Crippen LogP contribution in [0.25, 0.3) is 0 Å². The highest BCUT2D eigenvalue weighted by atomic mass is 79.9. The zero-order chi connectivity index (χ0) is 14.1. The first-order valence-corrected chi connectivity index (χ1v) is 7.27. The van der Waals surface area contributed by atoms with Crippen molar-refractivity contribution in [1.82, 2.24) is 0 Å². The molecule has 2 nitrogen and oxygen atoms in total. The molecule has 0 fully saturated rings. The third-order valence-electron chi connectivity index (χ3n) is 3.51. The van der Waals surface area contributed by atoms with Gasteiger partial charge in [0, 0.05) is 28.7 Å². The van der Waals surface area contributed by atoms with Crippen LogP contribution in [0, 0.1) is 5.82 Å². The van der Waals surface area contributed by atoms with Crippen LogP contribution < -0.4 is 5.32 Å². The Balaban J connectivity index is 1.82. The molecule has 1 aliphatic heterocycles. The Hall–Kier alpha value is -1.68. The summed E-state index contributed by atoms with van der Waals surface area (Å²) in [6.45, 7) is 0.911. The predicted octanol–water partition coefficient (Wildman–Crippen LogP) is 3.98. The standard InChI is InChI=1S/C16H13BrFNO/c17-13-4-3-11(14(18)9-13)8-16(20)12-2-1-10-5-6-19-15(10)7-12/h1-4,7,9,19H,5-6,8H2. The summed E-state index contributed by atoms with van der Waals surface area (Å²) in [5.41, 5.74) is 3.30. The second kappa shape index (κ2) is 5.37. The lowest BCUT2D eigenvalue weighted by Gasteiger charge is -2.06. The maximum atomic E-state index is 13.8. The first-order chi connectivity index (χ1) is 9.63. The molecule has 1 N–H and O–H groups in total. The summed E-state index contributed by atoms with van der Waals surface area (Å²) in [7, 11) is 0. The summed E-state index contributed by atoms with van der Waals surface area (Å²) in [4.78, 5) is 12.2. The van der Waals surface area contributed by atoms with E-state index in [1.165, 1.54) is 11.6 Å². The van der Waals surface area contributed by atoms with Crippen LogP contribution in [0.1, 0.15) is 21.5 Å². The van der Waals surface area contributed by atoms with E-state index in [2.05, 4.69) is 21.2 Å². The second-order valence-corrected chi connectivity index (χ2v) is 5.80. The van der Waals surface area contributed by atoms with Gasteiger partial charge < -0.3 is 5.32 Å². The van der Waals surface area contributed by atoms with E-state index < -0.39 is 0 Å². The van der Waals surface area contributed by atoms with Crippen molar-refractivity contribution in [3.8, 4) is 0 Å². The van der Waals surface area contributed by atoms with Crippen molar-refractivity contribution in [1.29, 1.82) is 0 Å². The molecule has 0 atom stereocenters. The number of Topliss-reactive ketones (excluding diaryl/α,β-unsaturated/α-hetero) is 1. The minimum absolute atomic E-state index is 0.0669. The zero-order valence-electron chi connectivity index (χ0n) is 10.7. The highest BCUT2D eigenvalue weighted by molar-refractivity contribution is 9.10.